The molecule has 134 valence electrons. The van der Waals surface area contributed by atoms with Crippen LogP contribution in [0.15, 0.2) is 24.3 Å². The number of aromatic nitrogens is 2. The maximum Gasteiger partial charge on any atom is 0.234 e. The van der Waals surface area contributed by atoms with Crippen molar-refractivity contribution in [2.24, 2.45) is 0 Å². The minimum atomic E-state index is 0.0743. The van der Waals surface area contributed by atoms with Crippen molar-refractivity contribution in [3.05, 3.63) is 41.2 Å². The molecule has 5 heteroatoms. The van der Waals surface area contributed by atoms with Gasteiger partial charge >= 0.3 is 0 Å². The van der Waals surface area contributed by atoms with Crippen molar-refractivity contribution in [3.63, 3.8) is 0 Å². The number of hydrogen-bond donors (Lipinski definition) is 1. The first-order valence-corrected chi connectivity index (χ1v) is 10.1. The summed E-state index contributed by atoms with van der Waals surface area (Å²) in [6.45, 7) is 6.02. The summed E-state index contributed by atoms with van der Waals surface area (Å²) in [5, 5.41) is 8.33. The lowest BCUT2D eigenvalue weighted by atomic mass is 10.0. The number of rotatable bonds is 5. The van der Waals surface area contributed by atoms with Gasteiger partial charge in [0.05, 0.1) is 28.5 Å². The van der Waals surface area contributed by atoms with Crippen LogP contribution in [0.4, 0.5) is 5.69 Å². The molecule has 1 saturated carbocycles. The summed E-state index contributed by atoms with van der Waals surface area (Å²) in [7, 11) is 0. The Labute approximate surface area is 154 Å². The predicted octanol–water partition coefficient (Wildman–Crippen LogP) is 4.80. The van der Waals surface area contributed by atoms with Crippen molar-refractivity contribution in [3.8, 4) is 5.69 Å². The molecule has 3 rings (SSSR count). The van der Waals surface area contributed by atoms with E-state index < -0.39 is 0 Å². The van der Waals surface area contributed by atoms with Crippen molar-refractivity contribution in [1.82, 2.24) is 9.78 Å². The third-order valence-corrected chi connectivity index (χ3v) is 6.21. The van der Waals surface area contributed by atoms with E-state index in [1.165, 1.54) is 37.7 Å². The molecule has 0 atom stereocenters. The topological polar surface area (TPSA) is 46.9 Å². The van der Waals surface area contributed by atoms with Gasteiger partial charge in [0.25, 0.3) is 0 Å². The zero-order valence-corrected chi connectivity index (χ0v) is 16.2. The van der Waals surface area contributed by atoms with E-state index in [9.17, 15) is 4.79 Å². The average molecular weight is 358 g/mol. The first-order valence-electron chi connectivity index (χ1n) is 9.09. The molecular weight excluding hydrogens is 330 g/mol. The average Bonchev–Trinajstić information content (AvgIpc) is 2.90. The summed E-state index contributed by atoms with van der Waals surface area (Å²) in [5.41, 5.74) is 4.91. The van der Waals surface area contributed by atoms with Gasteiger partial charge < -0.3 is 5.32 Å². The minimum Gasteiger partial charge on any atom is -0.322 e. The Morgan fingerprint density at radius 3 is 2.52 bits per heavy atom. The molecule has 1 aliphatic carbocycles. The van der Waals surface area contributed by atoms with Crippen LogP contribution >= 0.6 is 11.8 Å². The second-order valence-electron chi connectivity index (χ2n) is 6.91. The number of anilines is 1. The van der Waals surface area contributed by atoms with Gasteiger partial charge in [-0.05, 0) is 45.7 Å². The summed E-state index contributed by atoms with van der Waals surface area (Å²) < 4.78 is 1.90. The molecule has 0 spiro atoms. The summed E-state index contributed by atoms with van der Waals surface area (Å²) in [6, 6.07) is 8.26. The van der Waals surface area contributed by atoms with Gasteiger partial charge in [0.15, 0.2) is 0 Å². The molecule has 1 aromatic heterocycles. The van der Waals surface area contributed by atoms with E-state index in [2.05, 4.69) is 41.6 Å². The number of carbonyl (C=O) groups is 1. The number of benzene rings is 1. The van der Waals surface area contributed by atoms with Crippen LogP contribution in [0.25, 0.3) is 5.69 Å². The highest BCUT2D eigenvalue weighted by Gasteiger charge is 2.18. The van der Waals surface area contributed by atoms with Crippen LogP contribution in [0, 0.1) is 20.8 Å². The van der Waals surface area contributed by atoms with Gasteiger partial charge in [-0.15, -0.1) is 11.8 Å². The summed E-state index contributed by atoms with van der Waals surface area (Å²) in [4.78, 5) is 12.4. The standard InChI is InChI=1S/C20H27N3OS/c1-14-9-11-17(12-10-14)23-16(3)20(15(2)22-23)21-19(24)13-25-18-7-5-4-6-8-18/h9-12,18H,4-8,13H2,1-3H3,(H,21,24). The van der Waals surface area contributed by atoms with E-state index >= 15 is 0 Å². The predicted molar refractivity (Wildman–Crippen MR) is 106 cm³/mol. The number of hydrogen-bond acceptors (Lipinski definition) is 3. The summed E-state index contributed by atoms with van der Waals surface area (Å²) in [6.07, 6.45) is 6.46. The molecule has 1 amide bonds. The van der Waals surface area contributed by atoms with Crippen LogP contribution in [0.1, 0.15) is 49.1 Å². The number of carbonyl (C=O) groups excluding carboxylic acids is 1. The largest absolute Gasteiger partial charge is 0.322 e. The Morgan fingerprint density at radius 2 is 1.84 bits per heavy atom. The molecular formula is C20H27N3OS. The van der Waals surface area contributed by atoms with Crippen molar-refractivity contribution < 1.29 is 4.79 Å². The molecule has 1 aliphatic rings. The van der Waals surface area contributed by atoms with Gasteiger partial charge in [0, 0.05) is 5.25 Å². The third kappa shape index (κ3) is 4.46. The summed E-state index contributed by atoms with van der Waals surface area (Å²) in [5.74, 6) is 0.601. The fourth-order valence-corrected chi connectivity index (χ4v) is 4.49. The van der Waals surface area contributed by atoms with E-state index in [-0.39, 0.29) is 5.91 Å². The van der Waals surface area contributed by atoms with Crippen LogP contribution in [0.2, 0.25) is 0 Å². The highest BCUT2D eigenvalue weighted by molar-refractivity contribution is 8.00. The van der Waals surface area contributed by atoms with Crippen molar-refractivity contribution in [1.29, 1.82) is 0 Å². The molecule has 1 fully saturated rings. The number of amides is 1. The van der Waals surface area contributed by atoms with Gasteiger partial charge in [0.1, 0.15) is 0 Å². The maximum absolute atomic E-state index is 12.4. The van der Waals surface area contributed by atoms with Crippen molar-refractivity contribution >= 4 is 23.4 Å². The third-order valence-electron chi connectivity index (χ3n) is 4.84. The lowest BCUT2D eigenvalue weighted by Gasteiger charge is -2.20. The molecule has 1 heterocycles. The molecule has 1 aromatic carbocycles. The van der Waals surface area contributed by atoms with E-state index in [0.717, 1.165) is 22.8 Å². The quantitative estimate of drug-likeness (QED) is 0.836. The number of nitrogens with zero attached hydrogens (tertiary/aromatic N) is 2. The summed E-state index contributed by atoms with van der Waals surface area (Å²) >= 11 is 1.80. The molecule has 2 aromatic rings. The molecule has 1 N–H and O–H groups in total. The van der Waals surface area contributed by atoms with Gasteiger partial charge in [-0.2, -0.15) is 5.10 Å². The Morgan fingerprint density at radius 1 is 1.16 bits per heavy atom. The minimum absolute atomic E-state index is 0.0743. The molecule has 4 nitrogen and oxygen atoms in total. The van der Waals surface area contributed by atoms with Crippen LogP contribution < -0.4 is 5.32 Å². The first kappa shape index (κ1) is 18.1. The highest BCUT2D eigenvalue weighted by atomic mass is 32.2. The zero-order chi connectivity index (χ0) is 17.8. The van der Waals surface area contributed by atoms with Crippen LogP contribution in [-0.2, 0) is 4.79 Å². The Balaban J connectivity index is 1.66. The maximum atomic E-state index is 12.4. The SMILES string of the molecule is Cc1ccc(-n2nc(C)c(NC(=O)CSC3CCCCC3)c2C)cc1. The van der Waals surface area contributed by atoms with Crippen LogP contribution in [0.5, 0.6) is 0 Å². The van der Waals surface area contributed by atoms with E-state index in [0.29, 0.717) is 11.0 Å². The van der Waals surface area contributed by atoms with Gasteiger partial charge in [-0.25, -0.2) is 4.68 Å². The van der Waals surface area contributed by atoms with Gasteiger partial charge in [-0.3, -0.25) is 4.79 Å². The molecule has 0 saturated heterocycles. The van der Waals surface area contributed by atoms with E-state index in [1.54, 1.807) is 11.8 Å². The van der Waals surface area contributed by atoms with E-state index in [1.807, 2.05) is 18.5 Å². The number of nitrogens with one attached hydrogen (secondary N) is 1. The molecule has 0 bridgehead atoms. The van der Waals surface area contributed by atoms with Gasteiger partial charge in [-0.1, -0.05) is 37.0 Å². The fraction of sp³-hybridized carbons (Fsp3) is 0.500. The molecule has 0 radical (unpaired) electrons. The van der Waals surface area contributed by atoms with Crippen LogP contribution in [0.3, 0.4) is 0 Å². The monoisotopic (exact) mass is 357 g/mol. The lowest BCUT2D eigenvalue weighted by molar-refractivity contribution is -0.113. The number of aryl methyl sites for hydroxylation is 2. The number of thioether (sulfide) groups is 1. The van der Waals surface area contributed by atoms with Crippen LogP contribution in [-0.4, -0.2) is 26.7 Å². The van der Waals surface area contributed by atoms with Crippen molar-refractivity contribution in [2.45, 2.75) is 58.1 Å². The molecule has 25 heavy (non-hydrogen) atoms. The lowest BCUT2D eigenvalue weighted by Crippen LogP contribution is -2.18. The molecule has 0 unspecified atom stereocenters. The first-order chi connectivity index (χ1) is 12.0. The highest BCUT2D eigenvalue weighted by Crippen LogP contribution is 2.29. The van der Waals surface area contributed by atoms with Gasteiger partial charge in [0.2, 0.25) is 5.91 Å². The second-order valence-corrected chi connectivity index (χ2v) is 8.20. The molecule has 0 aliphatic heterocycles. The normalized spacial score (nSPS) is 15.3. The Hall–Kier alpha value is -1.75. The van der Waals surface area contributed by atoms with E-state index in [4.69, 9.17) is 0 Å². The fourth-order valence-electron chi connectivity index (χ4n) is 3.36. The second kappa shape index (κ2) is 8.09. The Kier molecular flexibility index (Phi) is 5.84. The zero-order valence-electron chi connectivity index (χ0n) is 15.3. The Bertz CT molecular complexity index is 730. The smallest absolute Gasteiger partial charge is 0.234 e. The van der Waals surface area contributed by atoms with Crippen molar-refractivity contribution in [2.75, 3.05) is 11.1 Å².